The van der Waals surface area contributed by atoms with E-state index in [0.717, 1.165) is 34.4 Å². The van der Waals surface area contributed by atoms with Gasteiger partial charge in [-0.2, -0.15) is 0 Å². The van der Waals surface area contributed by atoms with Gasteiger partial charge in [0.2, 0.25) is 5.95 Å². The number of anilines is 1. The van der Waals surface area contributed by atoms with Gasteiger partial charge in [0, 0.05) is 5.70 Å². The number of aromatic nitrogens is 2. The molecule has 0 saturated carbocycles. The summed E-state index contributed by atoms with van der Waals surface area (Å²) in [5.74, 6) is 0.00121. The van der Waals surface area contributed by atoms with E-state index in [9.17, 15) is 4.79 Å². The topological polar surface area (TPSA) is 91.7 Å². The van der Waals surface area contributed by atoms with E-state index in [1.807, 2.05) is 41.8 Å². The first-order chi connectivity index (χ1) is 15.0. The zero-order valence-corrected chi connectivity index (χ0v) is 17.7. The van der Waals surface area contributed by atoms with Crippen LogP contribution in [0, 0.1) is 0 Å². The predicted molar refractivity (Wildman–Crippen MR) is 121 cm³/mol. The summed E-state index contributed by atoms with van der Waals surface area (Å²) in [6, 6.07) is 15.3. The molecule has 0 aliphatic carbocycles. The minimum Gasteiger partial charge on any atom is -0.462 e. The van der Waals surface area contributed by atoms with Gasteiger partial charge in [-0.1, -0.05) is 36.4 Å². The zero-order chi connectivity index (χ0) is 21.8. The van der Waals surface area contributed by atoms with Gasteiger partial charge in [0.05, 0.1) is 42.1 Å². The lowest BCUT2D eigenvalue weighted by atomic mass is 10.1. The molecule has 0 amide bonds. The van der Waals surface area contributed by atoms with Gasteiger partial charge in [0.25, 0.3) is 0 Å². The van der Waals surface area contributed by atoms with Crippen LogP contribution in [0.2, 0.25) is 0 Å². The van der Waals surface area contributed by atoms with E-state index >= 15 is 0 Å². The number of rotatable bonds is 7. The molecule has 0 saturated heterocycles. The number of ether oxygens (including phenoxy) is 2. The Morgan fingerprint density at radius 2 is 2.03 bits per heavy atom. The summed E-state index contributed by atoms with van der Waals surface area (Å²) in [5.41, 5.74) is 11.1. The first-order valence-corrected chi connectivity index (χ1v) is 10.4. The molecule has 0 fully saturated rings. The Balaban J connectivity index is 1.60. The molecule has 1 aliphatic heterocycles. The maximum absolute atomic E-state index is 12.2. The molecule has 2 N–H and O–H groups in total. The molecule has 2 aromatic carbocycles. The van der Waals surface area contributed by atoms with Crippen molar-refractivity contribution in [1.82, 2.24) is 9.55 Å². The number of carbonyl (C=O) groups excluding carboxylic acids is 1. The summed E-state index contributed by atoms with van der Waals surface area (Å²) < 4.78 is 13.2. The summed E-state index contributed by atoms with van der Waals surface area (Å²) in [4.78, 5) is 21.4. The number of fused-ring (bicyclic) bond motifs is 1. The van der Waals surface area contributed by atoms with Crippen LogP contribution in [0.4, 0.5) is 5.95 Å². The van der Waals surface area contributed by atoms with Gasteiger partial charge >= 0.3 is 5.97 Å². The van der Waals surface area contributed by atoms with Gasteiger partial charge < -0.3 is 19.8 Å². The van der Waals surface area contributed by atoms with Crippen LogP contribution in [0.5, 0.6) is 0 Å². The first-order valence-electron chi connectivity index (χ1n) is 10.4. The molecule has 0 radical (unpaired) electrons. The Bertz CT molecular complexity index is 1150. The molecular weight excluding hydrogens is 392 g/mol. The van der Waals surface area contributed by atoms with E-state index in [-0.39, 0.29) is 12.1 Å². The van der Waals surface area contributed by atoms with Crippen molar-refractivity contribution in [2.45, 2.75) is 39.5 Å². The number of benzene rings is 2. The number of nitrogens with two attached hydrogens (primary N) is 1. The third-order valence-electron chi connectivity index (χ3n) is 5.22. The van der Waals surface area contributed by atoms with Crippen molar-refractivity contribution in [3.05, 3.63) is 71.4 Å². The van der Waals surface area contributed by atoms with Crippen molar-refractivity contribution in [2.24, 2.45) is 4.99 Å². The molecule has 4 rings (SSSR count). The van der Waals surface area contributed by atoms with Crippen LogP contribution >= 0.6 is 0 Å². The number of hydrogen-bond donors (Lipinski definition) is 1. The fourth-order valence-corrected chi connectivity index (χ4v) is 3.64. The summed E-state index contributed by atoms with van der Waals surface area (Å²) in [5, 5.41) is 0. The van der Waals surface area contributed by atoms with Crippen molar-refractivity contribution >= 4 is 28.7 Å². The molecule has 0 spiro atoms. The highest BCUT2D eigenvalue weighted by molar-refractivity contribution is 5.96. The first kappa shape index (κ1) is 20.8. The third kappa shape index (κ3) is 4.67. The Morgan fingerprint density at radius 3 is 2.81 bits per heavy atom. The monoisotopic (exact) mass is 418 g/mol. The van der Waals surface area contributed by atoms with Crippen LogP contribution in [-0.2, 0) is 22.6 Å². The highest BCUT2D eigenvalue weighted by atomic mass is 16.5. The van der Waals surface area contributed by atoms with Crippen LogP contribution in [0.25, 0.3) is 11.0 Å². The van der Waals surface area contributed by atoms with Gasteiger partial charge in [0.15, 0.2) is 0 Å². The Hall–Kier alpha value is -3.45. The standard InChI is InChI=1S/C24H26N4O3/c1-3-30-23(29)18-10-11-19-21(13-18)28(24(25)27-19)14-20-22(12-9-16(2)26-20)31-15-17-7-5-4-6-8-17/h4-11,13,22H,3,12,14-15H2,1-2H3,(H2,25,27). The Morgan fingerprint density at radius 1 is 1.23 bits per heavy atom. The highest BCUT2D eigenvalue weighted by Gasteiger charge is 2.22. The molecule has 1 unspecified atom stereocenters. The maximum atomic E-state index is 12.2. The van der Waals surface area contributed by atoms with Gasteiger partial charge in [-0.25, -0.2) is 9.78 Å². The van der Waals surface area contributed by atoms with Crippen LogP contribution in [-0.4, -0.2) is 33.9 Å². The second-order valence-corrected chi connectivity index (χ2v) is 7.45. The molecule has 2 heterocycles. The summed E-state index contributed by atoms with van der Waals surface area (Å²) in [7, 11) is 0. The lowest BCUT2D eigenvalue weighted by Crippen LogP contribution is -2.30. The number of nitrogens with zero attached hydrogens (tertiary/aromatic N) is 3. The van der Waals surface area contributed by atoms with Crippen LogP contribution < -0.4 is 5.73 Å². The number of esters is 1. The second kappa shape index (κ2) is 9.14. The summed E-state index contributed by atoms with van der Waals surface area (Å²) in [6.07, 6.45) is 2.67. The van der Waals surface area contributed by atoms with Crippen LogP contribution in [0.3, 0.4) is 0 Å². The van der Waals surface area contributed by atoms with Gasteiger partial charge in [-0.05, 0) is 44.0 Å². The summed E-state index contributed by atoms with van der Waals surface area (Å²) in [6.45, 7) is 5.01. The molecule has 0 bridgehead atoms. The number of aliphatic imine (C=N–C) groups is 1. The number of imidazole rings is 1. The molecule has 3 aromatic rings. The van der Waals surface area contributed by atoms with Crippen LogP contribution in [0.1, 0.15) is 36.2 Å². The molecule has 160 valence electrons. The van der Waals surface area contributed by atoms with Gasteiger partial charge in [0.1, 0.15) is 6.10 Å². The van der Waals surface area contributed by atoms with E-state index in [1.54, 1.807) is 25.1 Å². The minimum atomic E-state index is -0.367. The zero-order valence-electron chi connectivity index (χ0n) is 17.7. The molecule has 1 aromatic heterocycles. The lowest BCUT2D eigenvalue weighted by molar-refractivity contribution is 0.0526. The molecule has 1 aliphatic rings. The fourth-order valence-electron chi connectivity index (χ4n) is 3.64. The highest BCUT2D eigenvalue weighted by Crippen LogP contribution is 2.23. The van der Waals surface area contributed by atoms with Crippen molar-refractivity contribution in [2.75, 3.05) is 12.3 Å². The lowest BCUT2D eigenvalue weighted by Gasteiger charge is -2.23. The van der Waals surface area contributed by atoms with E-state index in [2.05, 4.69) is 11.1 Å². The molecule has 31 heavy (non-hydrogen) atoms. The van der Waals surface area contributed by atoms with Crippen molar-refractivity contribution in [3.8, 4) is 0 Å². The predicted octanol–water partition coefficient (Wildman–Crippen LogP) is 4.13. The number of nitrogen functional groups attached to an aromatic ring is 1. The van der Waals surface area contributed by atoms with Crippen molar-refractivity contribution in [3.63, 3.8) is 0 Å². The Labute approximate surface area is 181 Å². The number of carbonyl (C=O) groups is 1. The van der Waals surface area contributed by atoms with Gasteiger partial charge in [-0.15, -0.1) is 0 Å². The van der Waals surface area contributed by atoms with E-state index < -0.39 is 0 Å². The third-order valence-corrected chi connectivity index (χ3v) is 5.22. The fraction of sp³-hybridized carbons (Fsp3) is 0.292. The molecule has 1 atom stereocenters. The van der Waals surface area contributed by atoms with Crippen LogP contribution in [0.15, 0.2) is 65.3 Å². The second-order valence-electron chi connectivity index (χ2n) is 7.45. The number of hydrogen-bond acceptors (Lipinski definition) is 6. The molecule has 7 heteroatoms. The number of allylic oxidation sites excluding steroid dienone is 1. The maximum Gasteiger partial charge on any atom is 0.338 e. The average molecular weight is 418 g/mol. The Kier molecular flexibility index (Phi) is 6.13. The van der Waals surface area contributed by atoms with E-state index in [4.69, 9.17) is 20.2 Å². The van der Waals surface area contributed by atoms with Crippen molar-refractivity contribution in [1.29, 1.82) is 0 Å². The normalized spacial score (nSPS) is 16.1. The largest absolute Gasteiger partial charge is 0.462 e. The van der Waals surface area contributed by atoms with Crippen molar-refractivity contribution < 1.29 is 14.3 Å². The quantitative estimate of drug-likeness (QED) is 0.583. The smallest absolute Gasteiger partial charge is 0.338 e. The van der Waals surface area contributed by atoms with E-state index in [0.29, 0.717) is 31.3 Å². The SMILES string of the molecule is CCOC(=O)c1ccc2nc(N)n(CC3=NC(C)=CCC3OCc3ccccc3)c2c1. The van der Waals surface area contributed by atoms with Gasteiger partial charge in [-0.3, -0.25) is 4.99 Å². The minimum absolute atomic E-state index is 0.158. The van der Waals surface area contributed by atoms with E-state index in [1.165, 1.54) is 0 Å². The average Bonchev–Trinajstić information content (AvgIpc) is 3.08. The molecular formula is C24H26N4O3. The summed E-state index contributed by atoms with van der Waals surface area (Å²) >= 11 is 0. The molecule has 7 nitrogen and oxygen atoms in total.